The summed E-state index contributed by atoms with van der Waals surface area (Å²) in [6, 6.07) is 0. The van der Waals surface area contributed by atoms with Gasteiger partial charge in [0.1, 0.15) is 13.2 Å². The van der Waals surface area contributed by atoms with E-state index in [1.54, 1.807) is 0 Å². The van der Waals surface area contributed by atoms with Gasteiger partial charge in [0.25, 0.3) is 0 Å². The van der Waals surface area contributed by atoms with E-state index in [0.717, 1.165) is 69.6 Å². The number of carbonyl (C=O) groups is 3. The zero-order valence-electron chi connectivity index (χ0n) is 40.4. The van der Waals surface area contributed by atoms with Gasteiger partial charge in [-0.15, -0.1) is 0 Å². The van der Waals surface area contributed by atoms with Crippen molar-refractivity contribution in [1.82, 2.24) is 0 Å². The van der Waals surface area contributed by atoms with Crippen molar-refractivity contribution in [3.05, 3.63) is 0 Å². The second-order valence-corrected chi connectivity index (χ2v) is 18.9. The summed E-state index contributed by atoms with van der Waals surface area (Å²) in [7, 11) is 0. The maximum atomic E-state index is 12.8. The SMILES string of the molecule is CCCCCCCCCCCCCCCC(=O)OC[C@H](COC(=O)CCCCCCCCCC(C)C)OC(=O)CCCCCCCCCCCCCCCCC(C)CC. The fourth-order valence-corrected chi connectivity index (χ4v) is 7.96. The third-order valence-corrected chi connectivity index (χ3v) is 12.3. The molecule has 0 aliphatic rings. The third kappa shape index (κ3) is 45.8. The lowest BCUT2D eigenvalue weighted by Gasteiger charge is -2.18. The average molecular weight is 835 g/mol. The number of ether oxygens (including phenoxy) is 3. The quantitative estimate of drug-likeness (QED) is 0.0345. The smallest absolute Gasteiger partial charge is 0.306 e. The van der Waals surface area contributed by atoms with Crippen LogP contribution < -0.4 is 0 Å². The van der Waals surface area contributed by atoms with Crippen LogP contribution in [0.15, 0.2) is 0 Å². The van der Waals surface area contributed by atoms with Gasteiger partial charge in [0.15, 0.2) is 6.10 Å². The van der Waals surface area contributed by atoms with E-state index in [0.29, 0.717) is 19.3 Å². The fourth-order valence-electron chi connectivity index (χ4n) is 7.96. The lowest BCUT2D eigenvalue weighted by molar-refractivity contribution is -0.167. The van der Waals surface area contributed by atoms with Gasteiger partial charge in [0.2, 0.25) is 0 Å². The maximum Gasteiger partial charge on any atom is 0.306 e. The molecule has 0 N–H and O–H groups in total. The Bertz CT molecular complexity index is 902. The minimum Gasteiger partial charge on any atom is -0.462 e. The standard InChI is InChI=1S/C53H102O6/c1-6-8-9-10-11-12-13-16-20-23-28-33-38-43-51(54)57-46-50(47-58-52(55)44-39-34-30-25-26-31-36-41-48(3)4)59-53(56)45-40-35-29-24-21-18-15-14-17-19-22-27-32-37-42-49(5)7-2/h48-50H,6-47H2,1-5H3/t49?,50-/m1/s1. The molecule has 0 aliphatic heterocycles. The second-order valence-electron chi connectivity index (χ2n) is 18.9. The predicted molar refractivity (Wildman–Crippen MR) is 252 cm³/mol. The Morgan fingerprint density at radius 2 is 0.644 bits per heavy atom. The van der Waals surface area contributed by atoms with Crippen LogP contribution in [-0.2, 0) is 28.6 Å². The molecule has 1 unspecified atom stereocenters. The summed E-state index contributed by atoms with van der Waals surface area (Å²) in [5.41, 5.74) is 0. The zero-order chi connectivity index (χ0) is 43.3. The van der Waals surface area contributed by atoms with Crippen molar-refractivity contribution >= 4 is 17.9 Å². The molecule has 0 saturated heterocycles. The van der Waals surface area contributed by atoms with Crippen LogP contribution in [0.5, 0.6) is 0 Å². The van der Waals surface area contributed by atoms with Crippen LogP contribution in [0.1, 0.15) is 291 Å². The number of carbonyl (C=O) groups excluding carboxylic acids is 3. The Kier molecular flexibility index (Phi) is 44.7. The summed E-state index contributed by atoms with van der Waals surface area (Å²) in [5.74, 6) is 0.826. The van der Waals surface area contributed by atoms with Crippen LogP contribution >= 0.6 is 0 Å². The van der Waals surface area contributed by atoms with Crippen LogP contribution in [0, 0.1) is 11.8 Å². The summed E-state index contributed by atoms with van der Waals surface area (Å²) in [4.78, 5) is 37.9. The van der Waals surface area contributed by atoms with Crippen LogP contribution in [-0.4, -0.2) is 37.2 Å². The Balaban J connectivity index is 4.28. The molecule has 0 bridgehead atoms. The van der Waals surface area contributed by atoms with Gasteiger partial charge in [-0.1, -0.05) is 253 Å². The summed E-state index contributed by atoms with van der Waals surface area (Å²) < 4.78 is 16.8. The molecule has 6 nitrogen and oxygen atoms in total. The Labute approximate surface area is 368 Å². The highest BCUT2D eigenvalue weighted by atomic mass is 16.6. The van der Waals surface area contributed by atoms with Gasteiger partial charge in [-0.05, 0) is 31.1 Å². The first kappa shape index (κ1) is 57.4. The van der Waals surface area contributed by atoms with Crippen LogP contribution in [0.25, 0.3) is 0 Å². The van der Waals surface area contributed by atoms with E-state index >= 15 is 0 Å². The van der Waals surface area contributed by atoms with Gasteiger partial charge in [-0.3, -0.25) is 14.4 Å². The van der Waals surface area contributed by atoms with Crippen molar-refractivity contribution in [2.45, 2.75) is 298 Å². The van der Waals surface area contributed by atoms with E-state index in [1.165, 1.54) is 180 Å². The first-order valence-corrected chi connectivity index (χ1v) is 26.3. The highest BCUT2D eigenvalue weighted by Crippen LogP contribution is 2.18. The van der Waals surface area contributed by atoms with Crippen molar-refractivity contribution in [3.63, 3.8) is 0 Å². The molecular weight excluding hydrogens is 733 g/mol. The molecule has 0 aromatic rings. The molecule has 0 rings (SSSR count). The van der Waals surface area contributed by atoms with Crippen molar-refractivity contribution in [3.8, 4) is 0 Å². The molecule has 0 fully saturated rings. The van der Waals surface area contributed by atoms with E-state index in [2.05, 4.69) is 34.6 Å². The van der Waals surface area contributed by atoms with Gasteiger partial charge >= 0.3 is 17.9 Å². The summed E-state index contributed by atoms with van der Waals surface area (Å²) >= 11 is 0. The Morgan fingerprint density at radius 1 is 0.356 bits per heavy atom. The van der Waals surface area contributed by atoms with Gasteiger partial charge in [0, 0.05) is 19.3 Å². The van der Waals surface area contributed by atoms with Crippen molar-refractivity contribution in [1.29, 1.82) is 0 Å². The summed E-state index contributed by atoms with van der Waals surface area (Å²) in [6.07, 6.45) is 46.6. The summed E-state index contributed by atoms with van der Waals surface area (Å²) in [5, 5.41) is 0. The van der Waals surface area contributed by atoms with Gasteiger partial charge in [-0.2, -0.15) is 0 Å². The number of unbranched alkanes of at least 4 members (excludes halogenated alkanes) is 31. The average Bonchev–Trinajstić information content (AvgIpc) is 3.22. The number of hydrogen-bond donors (Lipinski definition) is 0. The monoisotopic (exact) mass is 835 g/mol. The second kappa shape index (κ2) is 45.9. The lowest BCUT2D eigenvalue weighted by Crippen LogP contribution is -2.30. The number of esters is 3. The highest BCUT2D eigenvalue weighted by Gasteiger charge is 2.19. The van der Waals surface area contributed by atoms with Crippen molar-refractivity contribution in [2.75, 3.05) is 13.2 Å². The fraction of sp³-hybridized carbons (Fsp3) is 0.943. The van der Waals surface area contributed by atoms with Gasteiger partial charge in [0.05, 0.1) is 0 Å². The van der Waals surface area contributed by atoms with E-state index in [-0.39, 0.29) is 31.1 Å². The predicted octanol–water partition coefficient (Wildman–Crippen LogP) is 16.9. The Hall–Kier alpha value is -1.59. The normalized spacial score (nSPS) is 12.5. The summed E-state index contributed by atoms with van der Waals surface area (Å²) in [6.45, 7) is 11.4. The van der Waals surface area contributed by atoms with E-state index in [4.69, 9.17) is 14.2 Å². The van der Waals surface area contributed by atoms with Crippen LogP contribution in [0.4, 0.5) is 0 Å². The topological polar surface area (TPSA) is 78.9 Å². The van der Waals surface area contributed by atoms with Gasteiger partial charge < -0.3 is 14.2 Å². The lowest BCUT2D eigenvalue weighted by atomic mass is 9.99. The third-order valence-electron chi connectivity index (χ3n) is 12.3. The molecule has 2 atom stereocenters. The molecule has 0 saturated carbocycles. The van der Waals surface area contributed by atoms with E-state index < -0.39 is 6.10 Å². The molecule has 0 radical (unpaired) electrons. The van der Waals surface area contributed by atoms with Crippen molar-refractivity contribution < 1.29 is 28.6 Å². The van der Waals surface area contributed by atoms with Crippen LogP contribution in [0.2, 0.25) is 0 Å². The molecule has 0 heterocycles. The largest absolute Gasteiger partial charge is 0.462 e. The zero-order valence-corrected chi connectivity index (χ0v) is 40.4. The number of hydrogen-bond acceptors (Lipinski definition) is 6. The van der Waals surface area contributed by atoms with Crippen molar-refractivity contribution in [2.24, 2.45) is 11.8 Å². The molecule has 350 valence electrons. The minimum atomic E-state index is -0.762. The first-order chi connectivity index (χ1) is 28.8. The Morgan fingerprint density at radius 3 is 0.966 bits per heavy atom. The molecule has 0 spiro atoms. The van der Waals surface area contributed by atoms with E-state index in [1.807, 2.05) is 0 Å². The first-order valence-electron chi connectivity index (χ1n) is 26.3. The molecule has 0 aromatic heterocycles. The molecule has 0 aliphatic carbocycles. The van der Waals surface area contributed by atoms with Gasteiger partial charge in [-0.25, -0.2) is 0 Å². The molecule has 0 amide bonds. The number of rotatable bonds is 47. The van der Waals surface area contributed by atoms with E-state index in [9.17, 15) is 14.4 Å². The van der Waals surface area contributed by atoms with Crippen LogP contribution in [0.3, 0.4) is 0 Å². The molecule has 59 heavy (non-hydrogen) atoms. The molecule has 0 aromatic carbocycles. The minimum absolute atomic E-state index is 0.0640. The molecular formula is C53H102O6. The molecule has 6 heteroatoms. The maximum absolute atomic E-state index is 12.8. The highest BCUT2D eigenvalue weighted by molar-refractivity contribution is 5.71.